The molecule has 0 aromatic heterocycles. The number of piperidine rings is 1. The molecular formula is C16H23NO3. The highest BCUT2D eigenvalue weighted by molar-refractivity contribution is 5.97. The summed E-state index contributed by atoms with van der Waals surface area (Å²) in [6, 6.07) is 7.30. The molecule has 1 aliphatic heterocycles. The zero-order valence-corrected chi connectivity index (χ0v) is 12.3. The number of Topliss-reactive ketones (excluding diaryl/α,β-unsaturated/α-hetero) is 1. The molecule has 1 fully saturated rings. The Kier molecular flexibility index (Phi) is 5.56. The summed E-state index contributed by atoms with van der Waals surface area (Å²) in [7, 11) is 1.62. The molecule has 0 bridgehead atoms. The lowest BCUT2D eigenvalue weighted by atomic mass is 10.1. The number of carbonyl (C=O) groups excluding carboxylic acids is 1. The summed E-state index contributed by atoms with van der Waals surface area (Å²) >= 11 is 0. The number of methoxy groups -OCH3 is 1. The standard InChI is InChI=1S/C16H23NO3/c1-3-20-15-5-4-10-17(11-15)12-16(18)13-6-8-14(19-2)9-7-13/h6-9,15H,3-5,10-12H2,1-2H3. The van der Waals surface area contributed by atoms with E-state index in [1.807, 2.05) is 31.2 Å². The van der Waals surface area contributed by atoms with Crippen molar-refractivity contribution < 1.29 is 14.3 Å². The number of carbonyl (C=O) groups is 1. The predicted octanol–water partition coefficient (Wildman–Crippen LogP) is 2.38. The average Bonchev–Trinajstić information content (AvgIpc) is 2.48. The summed E-state index contributed by atoms with van der Waals surface area (Å²) < 4.78 is 10.8. The minimum Gasteiger partial charge on any atom is -0.497 e. The molecule has 1 unspecified atom stereocenters. The van der Waals surface area contributed by atoms with Crippen LogP contribution in [0, 0.1) is 0 Å². The van der Waals surface area contributed by atoms with Gasteiger partial charge in [0.2, 0.25) is 0 Å². The van der Waals surface area contributed by atoms with Gasteiger partial charge in [-0.05, 0) is 50.6 Å². The second-order valence-corrected chi connectivity index (χ2v) is 5.11. The third-order valence-corrected chi connectivity index (χ3v) is 3.64. The third kappa shape index (κ3) is 4.05. The largest absolute Gasteiger partial charge is 0.497 e. The third-order valence-electron chi connectivity index (χ3n) is 3.64. The minimum atomic E-state index is 0.157. The van der Waals surface area contributed by atoms with Gasteiger partial charge in [-0.25, -0.2) is 0 Å². The van der Waals surface area contributed by atoms with E-state index in [0.29, 0.717) is 6.54 Å². The zero-order chi connectivity index (χ0) is 14.4. The molecule has 1 aromatic rings. The van der Waals surface area contributed by atoms with Crippen LogP contribution in [0.4, 0.5) is 0 Å². The Bertz CT molecular complexity index is 428. The van der Waals surface area contributed by atoms with Crippen molar-refractivity contribution in [1.29, 1.82) is 0 Å². The summed E-state index contributed by atoms with van der Waals surface area (Å²) in [4.78, 5) is 14.4. The van der Waals surface area contributed by atoms with Crippen LogP contribution in [0.15, 0.2) is 24.3 Å². The topological polar surface area (TPSA) is 38.8 Å². The number of ketones is 1. The first kappa shape index (κ1) is 15.0. The van der Waals surface area contributed by atoms with Gasteiger partial charge in [-0.3, -0.25) is 9.69 Å². The van der Waals surface area contributed by atoms with Crippen molar-refractivity contribution in [3.63, 3.8) is 0 Å². The van der Waals surface area contributed by atoms with Crippen LogP contribution in [0.2, 0.25) is 0 Å². The number of likely N-dealkylation sites (tertiary alicyclic amines) is 1. The average molecular weight is 277 g/mol. The first-order valence-corrected chi connectivity index (χ1v) is 7.24. The fourth-order valence-electron chi connectivity index (χ4n) is 2.60. The van der Waals surface area contributed by atoms with E-state index in [-0.39, 0.29) is 11.9 Å². The van der Waals surface area contributed by atoms with Crippen LogP contribution in [0.25, 0.3) is 0 Å². The lowest BCUT2D eigenvalue weighted by Crippen LogP contribution is -2.42. The Morgan fingerprint density at radius 3 is 2.75 bits per heavy atom. The highest BCUT2D eigenvalue weighted by Gasteiger charge is 2.22. The van der Waals surface area contributed by atoms with Gasteiger partial charge in [-0.2, -0.15) is 0 Å². The van der Waals surface area contributed by atoms with Crippen LogP contribution < -0.4 is 4.74 Å². The van der Waals surface area contributed by atoms with Gasteiger partial charge in [-0.15, -0.1) is 0 Å². The van der Waals surface area contributed by atoms with E-state index in [4.69, 9.17) is 9.47 Å². The molecule has 0 radical (unpaired) electrons. The summed E-state index contributed by atoms with van der Waals surface area (Å²) in [6.07, 6.45) is 2.47. The maximum absolute atomic E-state index is 12.3. The zero-order valence-electron chi connectivity index (χ0n) is 12.3. The first-order chi connectivity index (χ1) is 9.72. The van der Waals surface area contributed by atoms with Crippen LogP contribution >= 0.6 is 0 Å². The van der Waals surface area contributed by atoms with Crippen molar-refractivity contribution in [3.05, 3.63) is 29.8 Å². The monoisotopic (exact) mass is 277 g/mol. The van der Waals surface area contributed by atoms with Crippen molar-refractivity contribution >= 4 is 5.78 Å². The Hall–Kier alpha value is -1.39. The molecule has 1 atom stereocenters. The molecular weight excluding hydrogens is 254 g/mol. The Morgan fingerprint density at radius 1 is 1.35 bits per heavy atom. The highest BCUT2D eigenvalue weighted by Crippen LogP contribution is 2.15. The molecule has 0 saturated carbocycles. The van der Waals surface area contributed by atoms with Crippen LogP contribution in [0.3, 0.4) is 0 Å². The lowest BCUT2D eigenvalue weighted by molar-refractivity contribution is 0.00718. The summed E-state index contributed by atoms with van der Waals surface area (Å²) in [5, 5.41) is 0. The van der Waals surface area contributed by atoms with Gasteiger partial charge < -0.3 is 9.47 Å². The van der Waals surface area contributed by atoms with E-state index in [1.54, 1.807) is 7.11 Å². The van der Waals surface area contributed by atoms with Gasteiger partial charge in [0.25, 0.3) is 0 Å². The quantitative estimate of drug-likeness (QED) is 0.748. The second kappa shape index (κ2) is 7.41. The maximum atomic E-state index is 12.3. The van der Waals surface area contributed by atoms with E-state index in [2.05, 4.69) is 4.90 Å². The van der Waals surface area contributed by atoms with E-state index in [1.165, 1.54) is 0 Å². The molecule has 0 amide bonds. The van der Waals surface area contributed by atoms with Gasteiger partial charge in [0.05, 0.1) is 19.8 Å². The first-order valence-electron chi connectivity index (χ1n) is 7.24. The molecule has 4 heteroatoms. The van der Waals surface area contributed by atoms with Crippen molar-refractivity contribution in [2.24, 2.45) is 0 Å². The molecule has 4 nitrogen and oxygen atoms in total. The van der Waals surface area contributed by atoms with Gasteiger partial charge in [0.1, 0.15) is 5.75 Å². The molecule has 1 saturated heterocycles. The van der Waals surface area contributed by atoms with Gasteiger partial charge in [0, 0.05) is 18.7 Å². The van der Waals surface area contributed by atoms with E-state index < -0.39 is 0 Å². The lowest BCUT2D eigenvalue weighted by Gasteiger charge is -2.31. The number of hydrogen-bond donors (Lipinski definition) is 0. The molecule has 110 valence electrons. The smallest absolute Gasteiger partial charge is 0.176 e. The Balaban J connectivity index is 1.89. The molecule has 0 aliphatic carbocycles. The summed E-state index contributed by atoms with van der Waals surface area (Å²) in [5.74, 6) is 0.931. The van der Waals surface area contributed by atoms with Gasteiger partial charge in [0.15, 0.2) is 5.78 Å². The fourth-order valence-corrected chi connectivity index (χ4v) is 2.60. The predicted molar refractivity (Wildman–Crippen MR) is 78.4 cm³/mol. The number of nitrogens with zero attached hydrogens (tertiary/aromatic N) is 1. The number of hydrogen-bond acceptors (Lipinski definition) is 4. The highest BCUT2D eigenvalue weighted by atomic mass is 16.5. The van der Waals surface area contributed by atoms with E-state index in [9.17, 15) is 4.79 Å². The minimum absolute atomic E-state index is 0.157. The Morgan fingerprint density at radius 2 is 2.10 bits per heavy atom. The fraction of sp³-hybridized carbons (Fsp3) is 0.562. The van der Waals surface area contributed by atoms with E-state index >= 15 is 0 Å². The van der Waals surface area contributed by atoms with Crippen LogP contribution in [0.1, 0.15) is 30.1 Å². The van der Waals surface area contributed by atoms with Crippen molar-refractivity contribution in [2.45, 2.75) is 25.9 Å². The number of ether oxygens (including phenoxy) is 2. The van der Waals surface area contributed by atoms with E-state index in [0.717, 1.165) is 43.9 Å². The summed E-state index contributed by atoms with van der Waals surface area (Å²) in [6.45, 7) is 5.06. The molecule has 2 rings (SSSR count). The maximum Gasteiger partial charge on any atom is 0.176 e. The molecule has 0 N–H and O–H groups in total. The normalized spacial score (nSPS) is 19.8. The van der Waals surface area contributed by atoms with Crippen molar-refractivity contribution in [1.82, 2.24) is 4.90 Å². The van der Waals surface area contributed by atoms with Gasteiger partial charge in [-0.1, -0.05) is 0 Å². The van der Waals surface area contributed by atoms with Crippen LogP contribution in [-0.2, 0) is 4.74 Å². The molecule has 1 heterocycles. The van der Waals surface area contributed by atoms with Crippen molar-refractivity contribution in [3.8, 4) is 5.75 Å². The summed E-state index contributed by atoms with van der Waals surface area (Å²) in [5.41, 5.74) is 0.740. The Labute approximate surface area is 120 Å². The molecule has 0 spiro atoms. The number of rotatable bonds is 6. The number of benzene rings is 1. The molecule has 1 aliphatic rings. The van der Waals surface area contributed by atoms with Crippen LogP contribution in [0.5, 0.6) is 5.75 Å². The van der Waals surface area contributed by atoms with Gasteiger partial charge >= 0.3 is 0 Å². The van der Waals surface area contributed by atoms with Crippen LogP contribution in [-0.4, -0.2) is 50.1 Å². The van der Waals surface area contributed by atoms with Crippen molar-refractivity contribution in [2.75, 3.05) is 33.4 Å². The molecule has 20 heavy (non-hydrogen) atoms. The molecule has 1 aromatic carbocycles. The SMILES string of the molecule is CCOC1CCCN(CC(=O)c2ccc(OC)cc2)C1. The second-order valence-electron chi connectivity index (χ2n) is 5.11.